The van der Waals surface area contributed by atoms with Gasteiger partial charge in [0.25, 0.3) is 0 Å². The minimum atomic E-state index is -4.46. The third kappa shape index (κ3) is 6.24. The lowest BCUT2D eigenvalue weighted by molar-refractivity contribution is -0.138. The molecule has 0 saturated carbocycles. The largest absolute Gasteiger partial charge is 0.416 e. The molecule has 2 aromatic rings. The second kappa shape index (κ2) is 7.55. The molecule has 2 aromatic carbocycles. The summed E-state index contributed by atoms with van der Waals surface area (Å²) >= 11 is 0. The molecule has 1 nitrogen and oxygen atoms in total. The molecule has 0 unspecified atom stereocenters. The Hall–Kier alpha value is -2.63. The Balaban J connectivity index is 2.16. The van der Waals surface area contributed by atoms with E-state index in [0.29, 0.717) is 0 Å². The van der Waals surface area contributed by atoms with E-state index in [-0.39, 0.29) is 11.1 Å². The smallest absolute Gasteiger partial charge is 0.296 e. The average molecular weight is 400 g/mol. The van der Waals surface area contributed by atoms with Crippen LogP contribution in [-0.2, 0) is 16.9 Å². The minimum absolute atomic E-state index is 0.237. The van der Waals surface area contributed by atoms with Gasteiger partial charge >= 0.3 is 12.4 Å². The fourth-order valence-corrected chi connectivity index (χ4v) is 2.60. The maximum atomic E-state index is 12.5. The Kier molecular flexibility index (Phi) is 5.78. The number of hydrogen-bond acceptors (Lipinski definition) is 1. The van der Waals surface area contributed by atoms with Crippen molar-refractivity contribution in [3.8, 4) is 23.2 Å². The van der Waals surface area contributed by atoms with Crippen LogP contribution in [-0.4, -0.2) is 6.66 Å². The van der Waals surface area contributed by atoms with Crippen LogP contribution in [0.2, 0.25) is 0 Å². The highest BCUT2D eigenvalue weighted by molar-refractivity contribution is 7.73. The van der Waals surface area contributed by atoms with Gasteiger partial charge in [0.15, 0.2) is 0 Å². The van der Waals surface area contributed by atoms with E-state index in [9.17, 15) is 30.9 Å². The monoisotopic (exact) mass is 400 g/mol. The van der Waals surface area contributed by atoms with Gasteiger partial charge in [0.05, 0.1) is 11.1 Å². The lowest BCUT2D eigenvalue weighted by Gasteiger charge is -2.05. The van der Waals surface area contributed by atoms with E-state index in [2.05, 4.69) is 23.2 Å². The van der Waals surface area contributed by atoms with Gasteiger partial charge in [-0.05, 0) is 59.9 Å². The van der Waals surface area contributed by atoms with Gasteiger partial charge in [0.1, 0.15) is 0 Å². The van der Waals surface area contributed by atoms with Gasteiger partial charge in [-0.2, -0.15) is 26.3 Å². The molecule has 140 valence electrons. The zero-order valence-corrected chi connectivity index (χ0v) is 14.6. The summed E-state index contributed by atoms with van der Waals surface area (Å²) in [7, 11) is -3.28. The normalized spacial score (nSPS) is 11.8. The summed E-state index contributed by atoms with van der Waals surface area (Å²) in [5.41, 5.74) is 3.65. The zero-order chi connectivity index (χ0) is 20.3. The summed E-state index contributed by atoms with van der Waals surface area (Å²) in [6.07, 6.45) is -8.92. The summed E-state index contributed by atoms with van der Waals surface area (Å²) < 4.78 is 87.2. The first kappa shape index (κ1) is 20.7. The molecule has 0 bridgehead atoms. The number of rotatable bonds is 0. The molecule has 27 heavy (non-hydrogen) atoms. The van der Waals surface area contributed by atoms with Crippen molar-refractivity contribution in [3.63, 3.8) is 0 Å². The predicted octanol–water partition coefficient (Wildman–Crippen LogP) is 6.04. The Morgan fingerprint density at radius 2 is 0.963 bits per heavy atom. The fourth-order valence-electron chi connectivity index (χ4n) is 1.86. The van der Waals surface area contributed by atoms with E-state index in [1.807, 2.05) is 0 Å². The molecule has 0 radical (unpaired) electrons. The quantitative estimate of drug-likeness (QED) is 0.300. The molecule has 0 aliphatic carbocycles. The third-order valence-electron chi connectivity index (χ3n) is 3.25. The fraction of sp³-hybridized carbons (Fsp3) is 0.158. The molecule has 0 amide bonds. The van der Waals surface area contributed by atoms with Crippen molar-refractivity contribution < 1.29 is 30.9 Å². The van der Waals surface area contributed by atoms with E-state index in [1.54, 1.807) is 0 Å². The highest BCUT2D eigenvalue weighted by atomic mass is 31.2. The second-order valence-electron chi connectivity index (χ2n) is 5.55. The van der Waals surface area contributed by atoms with Crippen molar-refractivity contribution in [1.82, 2.24) is 0 Å². The summed E-state index contributed by atoms with van der Waals surface area (Å²) in [4.78, 5) is 0. The van der Waals surface area contributed by atoms with Crippen molar-refractivity contribution in [1.29, 1.82) is 0 Å². The van der Waals surface area contributed by atoms with Crippen LogP contribution in [0.25, 0.3) is 0 Å². The van der Waals surface area contributed by atoms with Crippen LogP contribution in [0.4, 0.5) is 26.3 Å². The molecule has 0 aliphatic rings. The summed E-state index contributed by atoms with van der Waals surface area (Å²) in [6, 6.07) is 8.05. The molecule has 8 heteroatoms. The lowest BCUT2D eigenvalue weighted by Crippen LogP contribution is -2.04. The van der Waals surface area contributed by atoms with Crippen LogP contribution in [0.1, 0.15) is 22.3 Å². The van der Waals surface area contributed by atoms with Crippen LogP contribution < -0.4 is 0 Å². The molecule has 0 aliphatic heterocycles. The van der Waals surface area contributed by atoms with E-state index in [0.717, 1.165) is 48.5 Å². The SMILES string of the molecule is CP(=O)(C#Cc1ccc(C(F)(F)F)cc1)C#Cc1ccc(C(F)(F)F)cc1. The van der Waals surface area contributed by atoms with Crippen molar-refractivity contribution >= 4 is 7.14 Å². The van der Waals surface area contributed by atoms with Crippen LogP contribution in [0.3, 0.4) is 0 Å². The van der Waals surface area contributed by atoms with E-state index in [4.69, 9.17) is 0 Å². The Morgan fingerprint density at radius 3 is 1.22 bits per heavy atom. The Morgan fingerprint density at radius 1 is 0.667 bits per heavy atom. The number of benzene rings is 2. The summed E-state index contributed by atoms with van der Waals surface area (Å²) in [5, 5.41) is 0. The van der Waals surface area contributed by atoms with Crippen molar-refractivity contribution in [2.75, 3.05) is 6.66 Å². The summed E-state index contributed by atoms with van der Waals surface area (Å²) in [5.74, 6) is 4.99. The highest BCUT2D eigenvalue weighted by Crippen LogP contribution is 2.38. The van der Waals surface area contributed by atoms with Crippen LogP contribution in [0, 0.1) is 23.2 Å². The van der Waals surface area contributed by atoms with Crippen LogP contribution in [0.5, 0.6) is 0 Å². The second-order valence-corrected chi connectivity index (χ2v) is 7.84. The van der Waals surface area contributed by atoms with Gasteiger partial charge in [-0.15, -0.1) is 0 Å². The first-order chi connectivity index (χ1) is 12.4. The average Bonchev–Trinajstić information content (AvgIpc) is 2.58. The van der Waals surface area contributed by atoms with E-state index in [1.165, 1.54) is 6.66 Å². The topological polar surface area (TPSA) is 17.1 Å². The van der Waals surface area contributed by atoms with Gasteiger partial charge in [0, 0.05) is 17.8 Å². The third-order valence-corrected chi connectivity index (χ3v) is 4.33. The molecular weight excluding hydrogens is 389 g/mol. The number of alkyl halides is 6. The lowest BCUT2D eigenvalue weighted by atomic mass is 10.1. The van der Waals surface area contributed by atoms with E-state index < -0.39 is 30.6 Å². The van der Waals surface area contributed by atoms with Gasteiger partial charge in [-0.25, -0.2) is 0 Å². The minimum Gasteiger partial charge on any atom is -0.296 e. The standard InChI is InChI=1S/C19H11F6OP/c1-27(26,12-10-14-2-6-16(7-3-14)18(20,21)22)13-11-15-4-8-17(9-5-15)19(23,24)25/h2-9H,1H3. The van der Waals surface area contributed by atoms with Crippen LogP contribution >= 0.6 is 7.14 Å². The van der Waals surface area contributed by atoms with Gasteiger partial charge in [-0.3, -0.25) is 4.57 Å². The zero-order valence-electron chi connectivity index (χ0n) is 13.7. The Labute approximate surface area is 151 Å². The molecular formula is C19H11F6OP. The maximum Gasteiger partial charge on any atom is 0.416 e. The van der Waals surface area contributed by atoms with E-state index >= 15 is 0 Å². The molecule has 0 aromatic heterocycles. The highest BCUT2D eigenvalue weighted by Gasteiger charge is 2.30. The van der Waals surface area contributed by atoms with Crippen molar-refractivity contribution in [2.45, 2.75) is 12.4 Å². The predicted molar refractivity (Wildman–Crippen MR) is 90.2 cm³/mol. The molecule has 0 N–H and O–H groups in total. The van der Waals surface area contributed by atoms with Crippen molar-refractivity contribution in [2.24, 2.45) is 0 Å². The maximum absolute atomic E-state index is 12.5. The van der Waals surface area contributed by atoms with Gasteiger partial charge < -0.3 is 0 Å². The number of halogens is 6. The molecule has 0 fully saturated rings. The molecule has 0 atom stereocenters. The van der Waals surface area contributed by atoms with Crippen molar-refractivity contribution in [3.05, 3.63) is 70.8 Å². The van der Waals surface area contributed by atoms with Crippen LogP contribution in [0.15, 0.2) is 48.5 Å². The summed E-state index contributed by atoms with van der Waals surface area (Å²) in [6.45, 7) is 1.27. The molecule has 0 spiro atoms. The molecule has 0 saturated heterocycles. The first-order valence-electron chi connectivity index (χ1n) is 7.35. The first-order valence-corrected chi connectivity index (χ1v) is 9.51. The van der Waals surface area contributed by atoms with Gasteiger partial charge in [0.2, 0.25) is 7.14 Å². The van der Waals surface area contributed by atoms with Gasteiger partial charge in [-0.1, -0.05) is 11.8 Å². The molecule has 0 heterocycles. The number of hydrogen-bond donors (Lipinski definition) is 0. The molecule has 2 rings (SSSR count). The Bertz CT molecular complexity index is 898.